The van der Waals surface area contributed by atoms with E-state index in [1.165, 1.54) is 11.8 Å². The van der Waals surface area contributed by atoms with E-state index in [1.54, 1.807) is 31.2 Å². The van der Waals surface area contributed by atoms with Crippen LogP contribution in [0.5, 0.6) is 0 Å². The molecule has 1 aliphatic carbocycles. The summed E-state index contributed by atoms with van der Waals surface area (Å²) in [7, 11) is -3.51. The standard InChI is InChI=1S/C13H17NO4S2/c1-9(13(15)16)8-19-11-4-2-3-5-12(11)20(17,18)14-10-6-7-10/h2-5,9-10,14H,6-8H2,1H3,(H,15,16). The molecular weight excluding hydrogens is 298 g/mol. The SMILES string of the molecule is CC(CSc1ccccc1S(=O)(=O)NC1CC1)C(=O)O. The largest absolute Gasteiger partial charge is 0.481 e. The minimum Gasteiger partial charge on any atom is -0.481 e. The molecule has 5 nitrogen and oxygen atoms in total. The van der Waals surface area contributed by atoms with E-state index in [9.17, 15) is 13.2 Å². The highest BCUT2D eigenvalue weighted by Gasteiger charge is 2.29. The van der Waals surface area contributed by atoms with Gasteiger partial charge in [-0.15, -0.1) is 11.8 Å². The van der Waals surface area contributed by atoms with Crippen molar-refractivity contribution in [2.24, 2.45) is 5.92 Å². The van der Waals surface area contributed by atoms with Gasteiger partial charge in [-0.2, -0.15) is 0 Å². The van der Waals surface area contributed by atoms with Gasteiger partial charge in [-0.05, 0) is 25.0 Å². The maximum Gasteiger partial charge on any atom is 0.307 e. The molecular formula is C13H17NO4S2. The van der Waals surface area contributed by atoms with Gasteiger partial charge in [0.1, 0.15) is 0 Å². The molecule has 0 heterocycles. The molecule has 0 bridgehead atoms. The first-order valence-electron chi connectivity index (χ1n) is 6.37. The van der Waals surface area contributed by atoms with E-state index in [2.05, 4.69) is 4.72 Å². The average molecular weight is 315 g/mol. The van der Waals surface area contributed by atoms with Gasteiger partial charge >= 0.3 is 5.97 Å². The van der Waals surface area contributed by atoms with Crippen molar-refractivity contribution in [3.63, 3.8) is 0 Å². The van der Waals surface area contributed by atoms with Crippen LogP contribution in [0.25, 0.3) is 0 Å². The predicted molar refractivity (Wildman–Crippen MR) is 77.3 cm³/mol. The third kappa shape index (κ3) is 3.97. The fourth-order valence-corrected chi connectivity index (χ4v) is 4.42. The van der Waals surface area contributed by atoms with Crippen molar-refractivity contribution < 1.29 is 18.3 Å². The Morgan fingerprint density at radius 1 is 1.45 bits per heavy atom. The van der Waals surface area contributed by atoms with Crippen LogP contribution in [0.4, 0.5) is 0 Å². The molecule has 0 aromatic heterocycles. The summed E-state index contributed by atoms with van der Waals surface area (Å²) in [4.78, 5) is 11.6. The lowest BCUT2D eigenvalue weighted by Gasteiger charge is -2.11. The van der Waals surface area contributed by atoms with Gasteiger partial charge in [-0.3, -0.25) is 4.79 Å². The molecule has 0 amide bonds. The first-order valence-corrected chi connectivity index (χ1v) is 8.84. The predicted octanol–water partition coefficient (Wildman–Crippen LogP) is 1.94. The summed E-state index contributed by atoms with van der Waals surface area (Å²) in [5, 5.41) is 8.87. The Bertz CT molecular complexity index is 596. The fraction of sp³-hybridized carbons (Fsp3) is 0.462. The molecule has 2 rings (SSSR count). The Morgan fingerprint density at radius 2 is 2.10 bits per heavy atom. The summed E-state index contributed by atoms with van der Waals surface area (Å²) in [5.41, 5.74) is 0. The number of hydrogen-bond donors (Lipinski definition) is 2. The van der Waals surface area contributed by atoms with Crippen molar-refractivity contribution in [2.45, 2.75) is 35.6 Å². The van der Waals surface area contributed by atoms with Gasteiger partial charge < -0.3 is 5.11 Å². The van der Waals surface area contributed by atoms with E-state index >= 15 is 0 Å². The number of thioether (sulfide) groups is 1. The number of carbonyl (C=O) groups is 1. The Morgan fingerprint density at radius 3 is 2.70 bits per heavy atom. The zero-order valence-corrected chi connectivity index (χ0v) is 12.7. The maximum absolute atomic E-state index is 12.2. The average Bonchev–Trinajstić information content (AvgIpc) is 3.19. The van der Waals surface area contributed by atoms with Gasteiger partial charge in [-0.25, -0.2) is 13.1 Å². The molecule has 0 aliphatic heterocycles. The Labute approximate surface area is 122 Å². The lowest BCUT2D eigenvalue weighted by Crippen LogP contribution is -2.26. The van der Waals surface area contributed by atoms with Crippen LogP contribution in [0, 0.1) is 5.92 Å². The summed E-state index contributed by atoms with van der Waals surface area (Å²) >= 11 is 1.26. The highest BCUT2D eigenvalue weighted by Crippen LogP contribution is 2.30. The van der Waals surface area contributed by atoms with E-state index in [4.69, 9.17) is 5.11 Å². The number of aliphatic carboxylic acids is 1. The first-order chi connectivity index (χ1) is 9.40. The zero-order valence-electron chi connectivity index (χ0n) is 11.1. The maximum atomic E-state index is 12.2. The molecule has 1 aromatic rings. The minimum absolute atomic E-state index is 0.0519. The van der Waals surface area contributed by atoms with E-state index in [-0.39, 0.29) is 10.9 Å². The van der Waals surface area contributed by atoms with Gasteiger partial charge in [0.2, 0.25) is 10.0 Å². The lowest BCUT2D eigenvalue weighted by atomic mass is 10.2. The first kappa shape index (κ1) is 15.3. The Balaban J connectivity index is 2.15. The van der Waals surface area contributed by atoms with Gasteiger partial charge in [0.25, 0.3) is 0 Å². The van der Waals surface area contributed by atoms with Crippen molar-refractivity contribution >= 4 is 27.8 Å². The van der Waals surface area contributed by atoms with Crippen molar-refractivity contribution in [1.29, 1.82) is 0 Å². The summed E-state index contributed by atoms with van der Waals surface area (Å²) in [6.07, 6.45) is 1.76. The van der Waals surface area contributed by atoms with Crippen LogP contribution in [0.1, 0.15) is 19.8 Å². The summed E-state index contributed by atoms with van der Waals surface area (Å²) < 4.78 is 27.1. The lowest BCUT2D eigenvalue weighted by molar-refractivity contribution is -0.140. The number of hydrogen-bond acceptors (Lipinski definition) is 4. The zero-order chi connectivity index (χ0) is 14.8. The number of nitrogens with one attached hydrogen (secondary N) is 1. The molecule has 7 heteroatoms. The highest BCUT2D eigenvalue weighted by molar-refractivity contribution is 8.00. The van der Waals surface area contributed by atoms with Crippen LogP contribution in [0.2, 0.25) is 0 Å². The molecule has 1 atom stereocenters. The van der Waals surface area contributed by atoms with Crippen LogP contribution in [0.3, 0.4) is 0 Å². The molecule has 0 spiro atoms. The molecule has 110 valence electrons. The van der Waals surface area contributed by atoms with Crippen LogP contribution in [-0.2, 0) is 14.8 Å². The van der Waals surface area contributed by atoms with Crippen molar-refractivity contribution in [2.75, 3.05) is 5.75 Å². The molecule has 2 N–H and O–H groups in total. The number of sulfonamides is 1. The second-order valence-electron chi connectivity index (χ2n) is 4.89. The summed E-state index contributed by atoms with van der Waals surface area (Å²) in [6.45, 7) is 1.61. The molecule has 1 aromatic carbocycles. The van der Waals surface area contributed by atoms with Crippen LogP contribution in [0.15, 0.2) is 34.1 Å². The van der Waals surface area contributed by atoms with Gasteiger partial charge in [0.15, 0.2) is 0 Å². The van der Waals surface area contributed by atoms with Gasteiger partial charge in [0.05, 0.1) is 10.8 Å². The number of rotatable bonds is 7. The smallest absolute Gasteiger partial charge is 0.307 e. The molecule has 1 saturated carbocycles. The van der Waals surface area contributed by atoms with Crippen LogP contribution in [-0.4, -0.2) is 31.3 Å². The quantitative estimate of drug-likeness (QED) is 0.751. The molecule has 20 heavy (non-hydrogen) atoms. The molecule has 0 radical (unpaired) electrons. The number of carboxylic acids is 1. The second-order valence-corrected chi connectivity index (χ2v) is 7.64. The highest BCUT2D eigenvalue weighted by atomic mass is 32.2. The molecule has 1 unspecified atom stereocenters. The topological polar surface area (TPSA) is 83.5 Å². The monoisotopic (exact) mass is 315 g/mol. The number of carboxylic acid groups (broad SMARTS) is 1. The second kappa shape index (κ2) is 6.15. The normalized spacial score (nSPS) is 16.9. The van der Waals surface area contributed by atoms with Gasteiger partial charge in [-0.1, -0.05) is 19.1 Å². The molecule has 1 aliphatic rings. The Hall–Kier alpha value is -1.05. The molecule has 1 fully saturated rings. The van der Waals surface area contributed by atoms with E-state index < -0.39 is 21.9 Å². The minimum atomic E-state index is -3.51. The van der Waals surface area contributed by atoms with Crippen LogP contribution < -0.4 is 4.72 Å². The third-order valence-corrected chi connectivity index (χ3v) is 5.99. The van der Waals surface area contributed by atoms with Crippen molar-refractivity contribution in [3.8, 4) is 0 Å². The molecule has 0 saturated heterocycles. The third-order valence-electron chi connectivity index (χ3n) is 2.95. The van der Waals surface area contributed by atoms with E-state index in [0.717, 1.165) is 12.8 Å². The number of benzene rings is 1. The van der Waals surface area contributed by atoms with Crippen LogP contribution >= 0.6 is 11.8 Å². The summed E-state index contributed by atoms with van der Waals surface area (Å²) in [6, 6.07) is 6.74. The van der Waals surface area contributed by atoms with Crippen molar-refractivity contribution in [1.82, 2.24) is 4.72 Å². The van der Waals surface area contributed by atoms with E-state index in [1.807, 2.05) is 0 Å². The van der Waals surface area contributed by atoms with Crippen molar-refractivity contribution in [3.05, 3.63) is 24.3 Å². The van der Waals surface area contributed by atoms with Gasteiger partial charge in [0, 0.05) is 16.7 Å². The van der Waals surface area contributed by atoms with E-state index in [0.29, 0.717) is 10.6 Å². The summed E-state index contributed by atoms with van der Waals surface area (Å²) in [5.74, 6) is -1.06. The Kier molecular flexibility index (Phi) is 4.72. The fourth-order valence-electron chi connectivity index (χ4n) is 1.56.